The molecule has 3 rings (SSSR count). The lowest BCUT2D eigenvalue weighted by molar-refractivity contribution is -0.154. The highest BCUT2D eigenvalue weighted by Crippen LogP contribution is 2.48. The summed E-state index contributed by atoms with van der Waals surface area (Å²) < 4.78 is 19.5. The molecule has 2 bridgehead atoms. The highest BCUT2D eigenvalue weighted by atomic mass is 28.4. The molecule has 1 saturated carbocycles. The first-order valence-electron chi connectivity index (χ1n) is 14.0. The van der Waals surface area contributed by atoms with E-state index in [1.165, 1.54) is 0 Å². The van der Waals surface area contributed by atoms with E-state index in [1.807, 2.05) is 24.3 Å². The first-order valence-corrected chi connectivity index (χ1v) is 19.8. The van der Waals surface area contributed by atoms with Crippen LogP contribution in [0.1, 0.15) is 85.1 Å². The van der Waals surface area contributed by atoms with E-state index in [0.29, 0.717) is 25.7 Å². The topological polar surface area (TPSA) is 44.8 Å². The number of Topliss-reactive ketones (excluding diaryl/α,β-unsaturated/α-hetero) is 1. The zero-order valence-electron chi connectivity index (χ0n) is 25.6. The summed E-state index contributed by atoms with van der Waals surface area (Å²) in [6.07, 6.45) is 3.06. The molecule has 0 radical (unpaired) electrons. The maximum Gasteiger partial charge on any atom is 0.207 e. The predicted molar refractivity (Wildman–Crippen MR) is 161 cm³/mol. The molecule has 6 heteroatoms. The third-order valence-electron chi connectivity index (χ3n) is 9.15. The van der Waals surface area contributed by atoms with E-state index >= 15 is 0 Å². The number of methoxy groups -OCH3 is 1. The maximum absolute atomic E-state index is 14.8. The monoisotopic (exact) mass is 552 g/mol. The number of ether oxygens (including phenoxy) is 1. The number of carbonyl (C=O) groups excluding carboxylic acids is 1. The van der Waals surface area contributed by atoms with Crippen LogP contribution in [-0.2, 0) is 13.6 Å². The van der Waals surface area contributed by atoms with Crippen molar-refractivity contribution < 1.29 is 18.4 Å². The fourth-order valence-corrected chi connectivity index (χ4v) is 7.64. The molecule has 0 amide bonds. The molecule has 1 aromatic rings. The summed E-state index contributed by atoms with van der Waals surface area (Å²) in [6, 6.07) is 7.99. The Hall–Kier alpha value is -1.84. The van der Waals surface area contributed by atoms with E-state index in [2.05, 4.69) is 91.4 Å². The second kappa shape index (κ2) is 10.6. The molecule has 2 aliphatic rings. The molecule has 2 aliphatic carbocycles. The van der Waals surface area contributed by atoms with Gasteiger partial charge in [-0.3, -0.25) is 4.79 Å². The molecule has 1 unspecified atom stereocenters. The molecule has 0 aromatic heterocycles. The van der Waals surface area contributed by atoms with Crippen LogP contribution in [0, 0.1) is 23.7 Å². The number of hydrogen-bond acceptors (Lipinski definition) is 4. The smallest absolute Gasteiger partial charge is 0.207 e. The van der Waals surface area contributed by atoms with Crippen molar-refractivity contribution in [3.8, 4) is 29.4 Å². The minimum atomic E-state index is -2.35. The van der Waals surface area contributed by atoms with Crippen LogP contribution in [0.2, 0.25) is 36.3 Å². The van der Waals surface area contributed by atoms with Crippen LogP contribution in [0.15, 0.2) is 24.3 Å². The van der Waals surface area contributed by atoms with Gasteiger partial charge in [-0.05, 0) is 73.2 Å². The highest BCUT2D eigenvalue weighted by molar-refractivity contribution is 6.75. The summed E-state index contributed by atoms with van der Waals surface area (Å²) in [5.41, 5.74) is -1.10. The summed E-state index contributed by atoms with van der Waals surface area (Å²) in [5, 5.41) is -0.0923. The predicted octanol–water partition coefficient (Wildman–Crippen LogP) is 7.85. The molecule has 3 atom stereocenters. The van der Waals surface area contributed by atoms with Gasteiger partial charge in [-0.1, -0.05) is 71.4 Å². The van der Waals surface area contributed by atoms with Gasteiger partial charge in [0.1, 0.15) is 11.4 Å². The van der Waals surface area contributed by atoms with E-state index in [9.17, 15) is 4.79 Å². The fraction of sp³-hybridized carbons (Fsp3) is 0.656. The third-order valence-corrected chi connectivity index (χ3v) is 18.1. The second-order valence-electron chi connectivity index (χ2n) is 14.1. The average molecular weight is 553 g/mol. The van der Waals surface area contributed by atoms with E-state index < -0.39 is 27.8 Å². The molecule has 0 N–H and O–H groups in total. The minimum Gasteiger partial charge on any atom is -0.497 e. The summed E-state index contributed by atoms with van der Waals surface area (Å²) in [4.78, 5) is 14.8. The fourth-order valence-electron chi connectivity index (χ4n) is 4.66. The van der Waals surface area contributed by atoms with Gasteiger partial charge in [0.25, 0.3) is 0 Å². The lowest BCUT2D eigenvalue weighted by Crippen LogP contribution is -2.65. The number of benzene rings is 1. The van der Waals surface area contributed by atoms with E-state index in [0.717, 1.165) is 17.7 Å². The second-order valence-corrected chi connectivity index (χ2v) is 23.5. The Morgan fingerprint density at radius 2 is 1.45 bits per heavy atom. The Morgan fingerprint density at radius 3 is 2.00 bits per heavy atom. The average Bonchev–Trinajstić information content (AvgIpc) is 2.79. The third kappa shape index (κ3) is 6.15. The van der Waals surface area contributed by atoms with E-state index in [4.69, 9.17) is 13.6 Å². The molecule has 1 aromatic carbocycles. The molecular weight excluding hydrogens is 505 g/mol. The number of ketones is 1. The van der Waals surface area contributed by atoms with Crippen LogP contribution in [0.5, 0.6) is 5.75 Å². The number of rotatable bonds is 6. The van der Waals surface area contributed by atoms with Gasteiger partial charge in [0.15, 0.2) is 22.2 Å². The Kier molecular flexibility index (Phi) is 8.58. The van der Waals surface area contributed by atoms with Gasteiger partial charge in [-0.2, -0.15) is 0 Å². The Morgan fingerprint density at radius 1 is 0.868 bits per heavy atom. The van der Waals surface area contributed by atoms with Crippen molar-refractivity contribution in [2.24, 2.45) is 0 Å². The molecule has 0 spiro atoms. The summed E-state index contributed by atoms with van der Waals surface area (Å²) in [7, 11) is -2.98. The van der Waals surface area contributed by atoms with Crippen molar-refractivity contribution in [3.05, 3.63) is 29.8 Å². The standard InChI is InChI=1S/C32H48O4Si2/c1-29(2,3)37(8,9)35-31-21-13-12-15-25(26-16-18-27(34-7)19-17-26)20-24-32(28(31)33,23-14-22-31)36-38(10,11)30(4,5)6/h16-19,25H,14-15,21-23H2,1-11H3/t25?,31-,32-/m1/s1. The molecule has 208 valence electrons. The largest absolute Gasteiger partial charge is 0.497 e. The van der Waals surface area contributed by atoms with E-state index in [-0.39, 0.29) is 21.8 Å². The summed E-state index contributed by atoms with van der Waals surface area (Å²) in [6.45, 7) is 22.1. The number of fused-ring (bicyclic) bond motifs is 2. The van der Waals surface area contributed by atoms with Crippen molar-refractivity contribution >= 4 is 22.4 Å². The van der Waals surface area contributed by atoms with Crippen molar-refractivity contribution in [1.29, 1.82) is 0 Å². The van der Waals surface area contributed by atoms with Gasteiger partial charge in [0, 0.05) is 12.8 Å². The molecule has 1 fully saturated rings. The maximum atomic E-state index is 14.8. The summed E-state index contributed by atoms with van der Waals surface area (Å²) in [5.74, 6) is 14.4. The Labute approximate surface area is 233 Å². The molecule has 38 heavy (non-hydrogen) atoms. The summed E-state index contributed by atoms with van der Waals surface area (Å²) >= 11 is 0. The first-order chi connectivity index (χ1) is 17.4. The van der Waals surface area contributed by atoms with Crippen LogP contribution in [0.4, 0.5) is 0 Å². The van der Waals surface area contributed by atoms with Crippen LogP contribution in [0.25, 0.3) is 0 Å². The van der Waals surface area contributed by atoms with Gasteiger partial charge < -0.3 is 13.6 Å². The van der Waals surface area contributed by atoms with Gasteiger partial charge in [-0.15, -0.1) is 5.92 Å². The van der Waals surface area contributed by atoms with Crippen LogP contribution >= 0.6 is 0 Å². The molecular formula is C32H48O4Si2. The number of carbonyl (C=O) groups is 1. The zero-order chi connectivity index (χ0) is 28.6. The quantitative estimate of drug-likeness (QED) is 0.266. The van der Waals surface area contributed by atoms with Gasteiger partial charge in [-0.25, -0.2) is 0 Å². The number of hydrogen-bond donors (Lipinski definition) is 0. The van der Waals surface area contributed by atoms with Crippen molar-refractivity contribution in [2.75, 3.05) is 7.11 Å². The molecule has 0 aliphatic heterocycles. The molecule has 4 nitrogen and oxygen atoms in total. The van der Waals surface area contributed by atoms with Crippen molar-refractivity contribution in [2.45, 2.75) is 127 Å². The normalized spacial score (nSPS) is 26.5. The van der Waals surface area contributed by atoms with Crippen LogP contribution < -0.4 is 4.74 Å². The van der Waals surface area contributed by atoms with Crippen molar-refractivity contribution in [3.63, 3.8) is 0 Å². The SMILES string of the molecule is COc1ccc(C2C#C[C@]3(O[Si](C)(C)C(C)(C)C)CCC[C@](O[Si](C)(C)C(C)(C)C)(CC#CC2)C3=O)cc1. The molecule has 0 saturated heterocycles. The Bertz CT molecular complexity index is 1150. The van der Waals surface area contributed by atoms with E-state index in [1.54, 1.807) is 7.11 Å². The van der Waals surface area contributed by atoms with Gasteiger partial charge >= 0.3 is 0 Å². The first kappa shape index (κ1) is 30.7. The lowest BCUT2D eigenvalue weighted by atomic mass is 9.72. The lowest BCUT2D eigenvalue weighted by Gasteiger charge is -2.51. The minimum absolute atomic E-state index is 0.0110. The zero-order valence-corrected chi connectivity index (χ0v) is 27.6. The molecule has 0 heterocycles. The van der Waals surface area contributed by atoms with Crippen LogP contribution in [0.3, 0.4) is 0 Å². The van der Waals surface area contributed by atoms with Crippen LogP contribution in [-0.4, -0.2) is 40.7 Å². The van der Waals surface area contributed by atoms with Gasteiger partial charge in [0.05, 0.1) is 13.0 Å². The van der Waals surface area contributed by atoms with Gasteiger partial charge in [0.2, 0.25) is 5.78 Å². The Balaban J connectivity index is 2.17. The van der Waals surface area contributed by atoms with Crippen molar-refractivity contribution in [1.82, 2.24) is 0 Å². The highest BCUT2D eigenvalue weighted by Gasteiger charge is 2.59.